The van der Waals surface area contributed by atoms with Gasteiger partial charge in [-0.1, -0.05) is 13.3 Å². The summed E-state index contributed by atoms with van der Waals surface area (Å²) >= 11 is 0. The van der Waals surface area contributed by atoms with E-state index in [1.54, 1.807) is 6.92 Å². The van der Waals surface area contributed by atoms with Crippen molar-refractivity contribution in [3.8, 4) is 0 Å². The molecule has 0 heterocycles. The fourth-order valence-corrected chi connectivity index (χ4v) is 1.80. The highest BCUT2D eigenvalue weighted by molar-refractivity contribution is 5.98. The molecule has 1 aromatic carbocycles. The molecule has 6 heteroatoms. The molecule has 0 aliphatic rings. The molecule has 20 heavy (non-hydrogen) atoms. The Bertz CT molecular complexity index is 515. The van der Waals surface area contributed by atoms with Crippen LogP contribution < -0.4 is 16.4 Å². The van der Waals surface area contributed by atoms with E-state index in [1.807, 2.05) is 6.92 Å². The molecule has 4 N–H and O–H groups in total. The summed E-state index contributed by atoms with van der Waals surface area (Å²) < 4.78 is 13.5. The number of amides is 2. The Kier molecular flexibility index (Phi) is 5.21. The van der Waals surface area contributed by atoms with Gasteiger partial charge in [0, 0.05) is 12.6 Å². The third-order valence-corrected chi connectivity index (χ3v) is 2.82. The number of anilines is 2. The van der Waals surface area contributed by atoms with Gasteiger partial charge in [-0.25, -0.2) is 4.39 Å². The fourth-order valence-electron chi connectivity index (χ4n) is 1.80. The van der Waals surface area contributed by atoms with Gasteiger partial charge in [-0.3, -0.25) is 9.59 Å². The monoisotopic (exact) mass is 281 g/mol. The van der Waals surface area contributed by atoms with Crippen LogP contribution in [0.15, 0.2) is 18.2 Å². The van der Waals surface area contributed by atoms with Gasteiger partial charge in [0.15, 0.2) is 0 Å². The Labute approximate surface area is 117 Å². The third kappa shape index (κ3) is 4.31. The maximum atomic E-state index is 13.5. The molecular formula is C14H20FN3O2. The molecular weight excluding hydrogens is 261 g/mol. The van der Waals surface area contributed by atoms with Crippen molar-refractivity contribution >= 4 is 23.2 Å². The van der Waals surface area contributed by atoms with Gasteiger partial charge in [-0.15, -0.1) is 0 Å². The summed E-state index contributed by atoms with van der Waals surface area (Å²) in [5.41, 5.74) is 5.32. The van der Waals surface area contributed by atoms with Crippen LogP contribution in [0.5, 0.6) is 0 Å². The summed E-state index contributed by atoms with van der Waals surface area (Å²) in [5, 5.41) is 4.98. The highest BCUT2D eigenvalue weighted by Gasteiger charge is 2.27. The van der Waals surface area contributed by atoms with Crippen molar-refractivity contribution in [1.82, 2.24) is 0 Å². The van der Waals surface area contributed by atoms with Crippen molar-refractivity contribution in [1.29, 1.82) is 0 Å². The summed E-state index contributed by atoms with van der Waals surface area (Å²) in [6, 6.07) is 3.95. The minimum absolute atomic E-state index is 0.0181. The molecule has 0 aliphatic heterocycles. The fraction of sp³-hybridized carbons (Fsp3) is 0.429. The lowest BCUT2D eigenvalue weighted by Crippen LogP contribution is -2.48. The van der Waals surface area contributed by atoms with Gasteiger partial charge in [0.2, 0.25) is 11.8 Å². The van der Waals surface area contributed by atoms with Gasteiger partial charge >= 0.3 is 0 Å². The number of rotatable bonds is 5. The van der Waals surface area contributed by atoms with Crippen LogP contribution in [-0.2, 0) is 9.59 Å². The SMILES string of the molecule is CCCC(C)(N)C(=O)Nc1ccc(F)c(NC(C)=O)c1. The molecule has 0 aromatic heterocycles. The summed E-state index contributed by atoms with van der Waals surface area (Å²) in [7, 11) is 0. The Morgan fingerprint density at radius 1 is 1.35 bits per heavy atom. The zero-order chi connectivity index (χ0) is 15.3. The number of hydrogen-bond acceptors (Lipinski definition) is 3. The minimum Gasteiger partial charge on any atom is -0.324 e. The van der Waals surface area contributed by atoms with Crippen LogP contribution in [0.3, 0.4) is 0 Å². The largest absolute Gasteiger partial charge is 0.324 e. The van der Waals surface area contributed by atoms with Crippen molar-refractivity contribution in [3.63, 3.8) is 0 Å². The summed E-state index contributed by atoms with van der Waals surface area (Å²) in [5.74, 6) is -1.30. The van der Waals surface area contributed by atoms with E-state index < -0.39 is 11.4 Å². The molecule has 0 saturated carbocycles. The number of carbonyl (C=O) groups excluding carboxylic acids is 2. The zero-order valence-electron chi connectivity index (χ0n) is 11.9. The van der Waals surface area contributed by atoms with E-state index >= 15 is 0 Å². The van der Waals surface area contributed by atoms with E-state index in [0.717, 1.165) is 6.42 Å². The second kappa shape index (κ2) is 6.47. The number of hydrogen-bond donors (Lipinski definition) is 3. The first kappa shape index (κ1) is 16.1. The quantitative estimate of drug-likeness (QED) is 0.774. The normalized spacial score (nSPS) is 13.4. The molecule has 1 unspecified atom stereocenters. The average Bonchev–Trinajstić information content (AvgIpc) is 2.32. The first-order valence-electron chi connectivity index (χ1n) is 6.43. The maximum absolute atomic E-state index is 13.5. The van der Waals surface area contributed by atoms with E-state index in [2.05, 4.69) is 10.6 Å². The molecule has 0 fully saturated rings. The number of nitrogens with two attached hydrogens (primary N) is 1. The number of nitrogens with one attached hydrogen (secondary N) is 2. The van der Waals surface area contributed by atoms with Gasteiger partial charge in [-0.05, 0) is 31.5 Å². The summed E-state index contributed by atoms with van der Waals surface area (Å²) in [4.78, 5) is 23.0. The second-order valence-electron chi connectivity index (χ2n) is 5.00. The van der Waals surface area contributed by atoms with Crippen LogP contribution in [0.2, 0.25) is 0 Å². The molecule has 110 valence electrons. The molecule has 2 amide bonds. The Morgan fingerprint density at radius 3 is 2.55 bits per heavy atom. The van der Waals surface area contributed by atoms with Crippen molar-refractivity contribution in [2.75, 3.05) is 10.6 Å². The highest BCUT2D eigenvalue weighted by atomic mass is 19.1. The first-order chi connectivity index (χ1) is 9.26. The number of carbonyl (C=O) groups is 2. The lowest BCUT2D eigenvalue weighted by Gasteiger charge is -2.23. The van der Waals surface area contributed by atoms with E-state index in [4.69, 9.17) is 5.73 Å². The van der Waals surface area contributed by atoms with Gasteiger partial charge in [-0.2, -0.15) is 0 Å². The van der Waals surface area contributed by atoms with Crippen molar-refractivity contribution < 1.29 is 14.0 Å². The van der Waals surface area contributed by atoms with Crippen LogP contribution in [-0.4, -0.2) is 17.4 Å². The van der Waals surface area contributed by atoms with Crippen molar-refractivity contribution in [3.05, 3.63) is 24.0 Å². The third-order valence-electron chi connectivity index (χ3n) is 2.82. The van der Waals surface area contributed by atoms with Crippen LogP contribution in [0.25, 0.3) is 0 Å². The van der Waals surface area contributed by atoms with Crippen LogP contribution in [0.4, 0.5) is 15.8 Å². The molecule has 0 aliphatic carbocycles. The standard InChI is InChI=1S/C14H20FN3O2/c1-4-7-14(3,16)13(20)18-10-5-6-11(15)12(8-10)17-9(2)19/h5-6,8H,4,7,16H2,1-3H3,(H,17,19)(H,18,20). The molecule has 5 nitrogen and oxygen atoms in total. The van der Waals surface area contributed by atoms with Crippen LogP contribution >= 0.6 is 0 Å². The summed E-state index contributed by atoms with van der Waals surface area (Å²) in [6.07, 6.45) is 1.32. The predicted octanol–water partition coefficient (Wildman–Crippen LogP) is 2.24. The van der Waals surface area contributed by atoms with Gasteiger partial charge < -0.3 is 16.4 Å². The van der Waals surface area contributed by atoms with Gasteiger partial charge in [0.05, 0.1) is 11.2 Å². The van der Waals surface area contributed by atoms with E-state index in [0.29, 0.717) is 12.1 Å². The molecule has 0 saturated heterocycles. The van der Waals surface area contributed by atoms with E-state index in [-0.39, 0.29) is 17.5 Å². The van der Waals surface area contributed by atoms with Gasteiger partial charge in [0.25, 0.3) is 0 Å². The molecule has 0 spiro atoms. The molecule has 0 radical (unpaired) electrons. The smallest absolute Gasteiger partial charge is 0.244 e. The zero-order valence-corrected chi connectivity index (χ0v) is 11.9. The molecule has 1 atom stereocenters. The predicted molar refractivity (Wildman–Crippen MR) is 76.8 cm³/mol. The Hall–Kier alpha value is -1.95. The molecule has 1 aromatic rings. The van der Waals surface area contributed by atoms with Crippen molar-refractivity contribution in [2.24, 2.45) is 5.73 Å². The Balaban J connectivity index is 2.88. The van der Waals surface area contributed by atoms with Crippen LogP contribution in [0.1, 0.15) is 33.6 Å². The molecule has 1 rings (SSSR count). The lowest BCUT2D eigenvalue weighted by atomic mass is 9.96. The second-order valence-corrected chi connectivity index (χ2v) is 5.00. The number of benzene rings is 1. The first-order valence-corrected chi connectivity index (χ1v) is 6.43. The van der Waals surface area contributed by atoms with E-state index in [1.165, 1.54) is 25.1 Å². The lowest BCUT2D eigenvalue weighted by molar-refractivity contribution is -0.120. The number of halogens is 1. The van der Waals surface area contributed by atoms with Crippen LogP contribution in [0, 0.1) is 5.82 Å². The van der Waals surface area contributed by atoms with Crippen molar-refractivity contribution in [2.45, 2.75) is 39.2 Å². The minimum atomic E-state index is -0.989. The van der Waals surface area contributed by atoms with E-state index in [9.17, 15) is 14.0 Å². The van der Waals surface area contributed by atoms with Gasteiger partial charge in [0.1, 0.15) is 5.82 Å². The summed E-state index contributed by atoms with van der Waals surface area (Å²) in [6.45, 7) is 4.86. The Morgan fingerprint density at radius 2 is 2.00 bits per heavy atom. The molecule has 0 bridgehead atoms. The maximum Gasteiger partial charge on any atom is 0.244 e. The topological polar surface area (TPSA) is 84.2 Å². The highest BCUT2D eigenvalue weighted by Crippen LogP contribution is 2.21. The average molecular weight is 281 g/mol.